The molecule has 2 bridgehead atoms. The highest BCUT2D eigenvalue weighted by atomic mass is 32.2. The summed E-state index contributed by atoms with van der Waals surface area (Å²) in [4.78, 5) is 2.75. The highest BCUT2D eigenvalue weighted by Gasteiger charge is 2.42. The van der Waals surface area contributed by atoms with Crippen LogP contribution in [0.15, 0.2) is 53.4 Å². The topological polar surface area (TPSA) is 85.7 Å². The fourth-order valence-electron chi connectivity index (χ4n) is 5.66. The van der Waals surface area contributed by atoms with E-state index in [1.54, 1.807) is 26.4 Å². The van der Waals surface area contributed by atoms with Gasteiger partial charge in [0.05, 0.1) is 24.8 Å². The minimum absolute atomic E-state index is 0.207. The summed E-state index contributed by atoms with van der Waals surface area (Å²) in [6, 6.07) is 15.2. The molecule has 9 heteroatoms. The first-order chi connectivity index (χ1) is 17.3. The van der Waals surface area contributed by atoms with Crippen LogP contribution < -0.4 is 14.2 Å². The maximum absolute atomic E-state index is 12.8. The Hall–Kier alpha value is -2.88. The van der Waals surface area contributed by atoms with E-state index in [1.165, 1.54) is 5.69 Å². The number of benzene rings is 2. The highest BCUT2D eigenvalue weighted by molar-refractivity contribution is 7.89. The Labute approximate surface area is 213 Å². The molecular formula is C27H34N4O4S. The van der Waals surface area contributed by atoms with Crippen molar-refractivity contribution >= 4 is 10.0 Å². The van der Waals surface area contributed by atoms with Crippen molar-refractivity contribution in [1.29, 1.82) is 0 Å². The van der Waals surface area contributed by atoms with E-state index >= 15 is 0 Å². The maximum atomic E-state index is 12.8. The minimum Gasteiger partial charge on any atom is -0.493 e. The summed E-state index contributed by atoms with van der Waals surface area (Å²) in [5.74, 6) is 2.24. The summed E-state index contributed by atoms with van der Waals surface area (Å²) < 4.78 is 41.3. The van der Waals surface area contributed by atoms with Crippen molar-refractivity contribution in [3.8, 4) is 22.8 Å². The van der Waals surface area contributed by atoms with Gasteiger partial charge in [0.25, 0.3) is 0 Å². The number of methoxy groups -OCH3 is 2. The number of nitrogens with one attached hydrogen (secondary N) is 1. The van der Waals surface area contributed by atoms with Crippen molar-refractivity contribution in [2.75, 3.05) is 33.9 Å². The Balaban J connectivity index is 1.28. The number of aryl methyl sites for hydroxylation is 2. The molecule has 3 saturated heterocycles. The third-order valence-electron chi connectivity index (χ3n) is 7.69. The first-order valence-electron chi connectivity index (χ1n) is 12.4. The number of fused-ring (bicyclic) bond motifs is 3. The third kappa shape index (κ3) is 4.75. The second-order valence-corrected chi connectivity index (χ2v) is 11.6. The first kappa shape index (κ1) is 24.8. The monoisotopic (exact) mass is 510 g/mol. The standard InChI is InChI=1S/C27H34N4O4S/c1-18-5-8-22(9-6-18)36(32,33)28-16-21-13-19-11-12-31(21)17-23(19)25-15-24(29-30(25)2)20-7-10-26(34-3)27(14-20)35-4/h5-10,14-15,19,21,23,28H,11-13,16-17H2,1-4H3. The summed E-state index contributed by atoms with van der Waals surface area (Å²) in [6.07, 6.45) is 2.08. The van der Waals surface area contributed by atoms with Gasteiger partial charge in [-0.2, -0.15) is 5.10 Å². The Kier molecular flexibility index (Phi) is 6.80. The van der Waals surface area contributed by atoms with E-state index in [4.69, 9.17) is 14.6 Å². The molecule has 3 aliphatic rings. The molecule has 6 rings (SSSR count). The number of hydrogen-bond donors (Lipinski definition) is 1. The summed E-state index contributed by atoms with van der Waals surface area (Å²) >= 11 is 0. The van der Waals surface area contributed by atoms with Crippen LogP contribution in [0.2, 0.25) is 0 Å². The summed E-state index contributed by atoms with van der Waals surface area (Å²) in [5, 5.41) is 4.81. The number of sulfonamides is 1. The molecular weight excluding hydrogens is 476 g/mol. The van der Waals surface area contributed by atoms with E-state index in [0.29, 0.717) is 34.8 Å². The lowest BCUT2D eigenvalue weighted by Gasteiger charge is -2.49. The van der Waals surface area contributed by atoms with E-state index in [2.05, 4.69) is 15.7 Å². The van der Waals surface area contributed by atoms with Crippen molar-refractivity contribution in [3.63, 3.8) is 0 Å². The molecule has 36 heavy (non-hydrogen) atoms. The van der Waals surface area contributed by atoms with Gasteiger partial charge >= 0.3 is 0 Å². The Bertz CT molecular complexity index is 1340. The van der Waals surface area contributed by atoms with Crippen molar-refractivity contribution in [2.24, 2.45) is 13.0 Å². The lowest BCUT2D eigenvalue weighted by molar-refractivity contribution is 0.0306. The lowest BCUT2D eigenvalue weighted by Crippen LogP contribution is -2.56. The fraction of sp³-hybridized carbons (Fsp3) is 0.444. The molecule has 0 saturated carbocycles. The number of aromatic nitrogens is 2. The van der Waals surface area contributed by atoms with Crippen LogP contribution in [-0.4, -0.2) is 63.0 Å². The molecule has 1 aromatic heterocycles. The van der Waals surface area contributed by atoms with Gasteiger partial charge in [0.2, 0.25) is 10.0 Å². The predicted octanol–water partition coefficient (Wildman–Crippen LogP) is 3.57. The smallest absolute Gasteiger partial charge is 0.240 e. The second kappa shape index (κ2) is 9.88. The molecule has 4 heterocycles. The van der Waals surface area contributed by atoms with Gasteiger partial charge in [-0.25, -0.2) is 13.1 Å². The zero-order valence-electron chi connectivity index (χ0n) is 21.3. The van der Waals surface area contributed by atoms with Crippen LogP contribution in [0.1, 0.15) is 30.0 Å². The molecule has 4 unspecified atom stereocenters. The zero-order valence-corrected chi connectivity index (χ0v) is 22.1. The van der Waals surface area contributed by atoms with Crippen molar-refractivity contribution in [2.45, 2.75) is 36.6 Å². The molecule has 2 aromatic carbocycles. The van der Waals surface area contributed by atoms with Gasteiger partial charge in [-0.3, -0.25) is 9.58 Å². The average molecular weight is 511 g/mol. The zero-order chi connectivity index (χ0) is 25.4. The van der Waals surface area contributed by atoms with Crippen LogP contribution >= 0.6 is 0 Å². The van der Waals surface area contributed by atoms with Crippen molar-refractivity contribution < 1.29 is 17.9 Å². The van der Waals surface area contributed by atoms with Gasteiger partial charge in [0.15, 0.2) is 11.5 Å². The molecule has 0 spiro atoms. The van der Waals surface area contributed by atoms with Gasteiger partial charge in [-0.15, -0.1) is 0 Å². The number of ether oxygens (including phenoxy) is 2. The van der Waals surface area contributed by atoms with E-state index in [0.717, 1.165) is 42.8 Å². The number of nitrogens with zero attached hydrogens (tertiary/aromatic N) is 3. The lowest BCUT2D eigenvalue weighted by atomic mass is 9.74. The number of hydrogen-bond acceptors (Lipinski definition) is 6. The molecule has 0 aliphatic carbocycles. The van der Waals surface area contributed by atoms with Gasteiger partial charge in [0.1, 0.15) is 0 Å². The molecule has 0 radical (unpaired) electrons. The van der Waals surface area contributed by atoms with E-state index in [9.17, 15) is 8.42 Å². The van der Waals surface area contributed by atoms with Crippen LogP contribution in [0.3, 0.4) is 0 Å². The normalized spacial score (nSPS) is 23.6. The number of piperidine rings is 3. The molecule has 192 valence electrons. The van der Waals surface area contributed by atoms with E-state index in [-0.39, 0.29) is 6.04 Å². The summed E-state index contributed by atoms with van der Waals surface area (Å²) in [7, 11) is 1.76. The molecule has 0 amide bonds. The molecule has 8 nitrogen and oxygen atoms in total. The Morgan fingerprint density at radius 2 is 1.81 bits per heavy atom. The maximum Gasteiger partial charge on any atom is 0.240 e. The summed E-state index contributed by atoms with van der Waals surface area (Å²) in [6.45, 7) is 4.29. The SMILES string of the molecule is COc1ccc(-c2cc(C3CN4CCC3CC4CNS(=O)(=O)c3ccc(C)cc3)n(C)n2)cc1OC. The van der Waals surface area contributed by atoms with Crippen LogP contribution in [0.4, 0.5) is 0 Å². The predicted molar refractivity (Wildman–Crippen MR) is 139 cm³/mol. The van der Waals surface area contributed by atoms with Crippen LogP contribution in [0.5, 0.6) is 11.5 Å². The highest BCUT2D eigenvalue weighted by Crippen LogP contribution is 2.42. The fourth-order valence-corrected chi connectivity index (χ4v) is 6.73. The Morgan fingerprint density at radius 1 is 1.06 bits per heavy atom. The minimum atomic E-state index is -3.51. The van der Waals surface area contributed by atoms with E-state index in [1.807, 2.05) is 49.0 Å². The quantitative estimate of drug-likeness (QED) is 0.499. The van der Waals surface area contributed by atoms with Crippen molar-refractivity contribution in [1.82, 2.24) is 19.4 Å². The van der Waals surface area contributed by atoms with Gasteiger partial charge in [-0.1, -0.05) is 17.7 Å². The van der Waals surface area contributed by atoms with Crippen LogP contribution in [0.25, 0.3) is 11.3 Å². The number of rotatable bonds is 8. The molecule has 4 atom stereocenters. The average Bonchev–Trinajstić information content (AvgIpc) is 3.29. The van der Waals surface area contributed by atoms with Crippen molar-refractivity contribution in [3.05, 3.63) is 59.8 Å². The van der Waals surface area contributed by atoms with E-state index < -0.39 is 10.0 Å². The molecule has 3 fully saturated rings. The molecule has 3 aromatic rings. The first-order valence-corrected chi connectivity index (χ1v) is 13.8. The Morgan fingerprint density at radius 3 is 2.47 bits per heavy atom. The third-order valence-corrected chi connectivity index (χ3v) is 9.13. The summed E-state index contributed by atoms with van der Waals surface area (Å²) in [5.41, 5.74) is 4.15. The molecule has 3 aliphatic heterocycles. The second-order valence-electron chi connectivity index (χ2n) is 9.85. The largest absolute Gasteiger partial charge is 0.493 e. The van der Waals surface area contributed by atoms with Crippen LogP contribution in [0, 0.1) is 12.8 Å². The van der Waals surface area contributed by atoms with Crippen LogP contribution in [-0.2, 0) is 17.1 Å². The van der Waals surface area contributed by atoms with Gasteiger partial charge < -0.3 is 9.47 Å². The van der Waals surface area contributed by atoms with Gasteiger partial charge in [-0.05, 0) is 68.6 Å². The molecule has 1 N–H and O–H groups in total. The van der Waals surface area contributed by atoms with Gasteiger partial charge in [0, 0.05) is 43.4 Å².